The minimum absolute atomic E-state index is 0.250. The van der Waals surface area contributed by atoms with E-state index in [1.165, 1.54) is 12.8 Å². The van der Waals surface area contributed by atoms with Gasteiger partial charge in [-0.15, -0.1) is 0 Å². The van der Waals surface area contributed by atoms with Crippen LogP contribution in [0.3, 0.4) is 0 Å². The number of aliphatic hydroxyl groups is 1. The van der Waals surface area contributed by atoms with Gasteiger partial charge in [-0.2, -0.15) is 5.10 Å². The number of aromatic nitrogens is 2. The highest BCUT2D eigenvalue weighted by Gasteiger charge is 2.37. The molecule has 1 aliphatic rings. The lowest BCUT2D eigenvalue weighted by atomic mass is 10.0. The van der Waals surface area contributed by atoms with Crippen LogP contribution in [-0.2, 0) is 0 Å². The summed E-state index contributed by atoms with van der Waals surface area (Å²) in [7, 11) is 0. The Kier molecular flexibility index (Phi) is 2.64. The van der Waals surface area contributed by atoms with E-state index in [-0.39, 0.29) is 5.54 Å². The number of nitrogens with zero attached hydrogens (tertiary/aromatic N) is 1. The van der Waals surface area contributed by atoms with Crippen LogP contribution in [0.4, 0.5) is 0 Å². The van der Waals surface area contributed by atoms with E-state index in [2.05, 4.69) is 22.4 Å². The smallest absolute Gasteiger partial charge is 0.0921 e. The number of hydrogen-bond acceptors (Lipinski definition) is 3. The third-order valence-corrected chi connectivity index (χ3v) is 3.88. The van der Waals surface area contributed by atoms with Crippen LogP contribution in [0.15, 0.2) is 18.2 Å². The molecule has 4 nitrogen and oxygen atoms in total. The van der Waals surface area contributed by atoms with E-state index in [4.69, 9.17) is 0 Å². The van der Waals surface area contributed by atoms with Crippen LogP contribution in [0, 0.1) is 6.92 Å². The Morgan fingerprint density at radius 2 is 2.28 bits per heavy atom. The van der Waals surface area contributed by atoms with Gasteiger partial charge in [-0.3, -0.25) is 5.10 Å². The summed E-state index contributed by atoms with van der Waals surface area (Å²) in [5.41, 5.74) is 3.13. The van der Waals surface area contributed by atoms with Gasteiger partial charge in [0.05, 0.1) is 17.3 Å². The molecule has 0 aliphatic heterocycles. The second kappa shape index (κ2) is 4.07. The Balaban J connectivity index is 1.86. The quantitative estimate of drug-likeness (QED) is 0.772. The number of H-pyrrole nitrogens is 1. The Morgan fingerprint density at radius 3 is 3.00 bits per heavy atom. The van der Waals surface area contributed by atoms with Crippen molar-refractivity contribution in [3.8, 4) is 0 Å². The molecule has 96 valence electrons. The van der Waals surface area contributed by atoms with E-state index in [1.54, 1.807) is 0 Å². The number of aromatic amines is 1. The van der Waals surface area contributed by atoms with Gasteiger partial charge in [0.2, 0.25) is 0 Å². The standard InChI is InChI=1S/C14H19N3O/c1-9-13-10(4-3-5-11(13)17-16-9)12(18)8-15-14(2)6-7-14/h3-5,12,15,18H,6-8H2,1-2H3,(H,16,17)/t12-/m0/s1. The van der Waals surface area contributed by atoms with E-state index in [1.807, 2.05) is 25.1 Å². The van der Waals surface area contributed by atoms with Gasteiger partial charge in [-0.05, 0) is 38.3 Å². The van der Waals surface area contributed by atoms with Crippen molar-refractivity contribution in [2.24, 2.45) is 0 Å². The molecule has 3 rings (SSSR count). The summed E-state index contributed by atoms with van der Waals surface area (Å²) in [6, 6.07) is 5.92. The fraction of sp³-hybridized carbons (Fsp3) is 0.500. The van der Waals surface area contributed by atoms with Gasteiger partial charge in [0, 0.05) is 17.5 Å². The molecule has 3 N–H and O–H groups in total. The van der Waals surface area contributed by atoms with E-state index >= 15 is 0 Å². The highest BCUT2D eigenvalue weighted by Crippen LogP contribution is 2.35. The molecule has 4 heteroatoms. The molecule has 2 aromatic rings. The van der Waals surface area contributed by atoms with Crippen molar-refractivity contribution in [1.29, 1.82) is 0 Å². The molecule has 1 heterocycles. The van der Waals surface area contributed by atoms with Crippen LogP contribution in [0.2, 0.25) is 0 Å². The molecular weight excluding hydrogens is 226 g/mol. The molecule has 0 amide bonds. The second-order valence-corrected chi connectivity index (χ2v) is 5.54. The normalized spacial score (nSPS) is 19.1. The molecule has 18 heavy (non-hydrogen) atoms. The Labute approximate surface area is 106 Å². The third-order valence-electron chi connectivity index (χ3n) is 3.88. The molecule has 1 aliphatic carbocycles. The summed E-state index contributed by atoms with van der Waals surface area (Å²) >= 11 is 0. The van der Waals surface area contributed by atoms with Crippen molar-refractivity contribution in [1.82, 2.24) is 15.5 Å². The van der Waals surface area contributed by atoms with Crippen LogP contribution >= 0.6 is 0 Å². The van der Waals surface area contributed by atoms with Gasteiger partial charge in [0.15, 0.2) is 0 Å². The molecule has 1 fully saturated rings. The lowest BCUT2D eigenvalue weighted by Crippen LogP contribution is -2.32. The zero-order valence-electron chi connectivity index (χ0n) is 10.8. The molecule has 1 aromatic carbocycles. The first-order chi connectivity index (χ1) is 8.59. The van der Waals surface area contributed by atoms with Gasteiger partial charge in [0.1, 0.15) is 0 Å². The highest BCUT2D eigenvalue weighted by atomic mass is 16.3. The van der Waals surface area contributed by atoms with Crippen molar-refractivity contribution < 1.29 is 5.11 Å². The van der Waals surface area contributed by atoms with E-state index in [0.29, 0.717) is 6.54 Å². The summed E-state index contributed by atoms with van der Waals surface area (Å²) in [6.45, 7) is 4.76. The minimum atomic E-state index is -0.484. The van der Waals surface area contributed by atoms with Crippen LogP contribution in [-0.4, -0.2) is 27.4 Å². The molecular formula is C14H19N3O. The number of β-amino-alcohol motifs (C(OH)–C–C–N with tert-alkyl or cyclic N) is 1. The average molecular weight is 245 g/mol. The lowest BCUT2D eigenvalue weighted by Gasteiger charge is -2.17. The van der Waals surface area contributed by atoms with E-state index in [9.17, 15) is 5.11 Å². The molecule has 1 atom stereocenters. The van der Waals surface area contributed by atoms with Crippen LogP contribution in [0.25, 0.3) is 10.9 Å². The molecule has 1 saturated carbocycles. The van der Waals surface area contributed by atoms with E-state index in [0.717, 1.165) is 22.2 Å². The largest absolute Gasteiger partial charge is 0.387 e. The molecule has 0 radical (unpaired) electrons. The van der Waals surface area contributed by atoms with Gasteiger partial charge in [-0.1, -0.05) is 12.1 Å². The van der Waals surface area contributed by atoms with E-state index < -0.39 is 6.10 Å². The monoisotopic (exact) mass is 245 g/mol. The lowest BCUT2D eigenvalue weighted by molar-refractivity contribution is 0.170. The third kappa shape index (κ3) is 2.02. The van der Waals surface area contributed by atoms with Crippen LogP contribution < -0.4 is 5.32 Å². The highest BCUT2D eigenvalue weighted by molar-refractivity contribution is 5.85. The fourth-order valence-corrected chi connectivity index (χ4v) is 2.36. The van der Waals surface area contributed by atoms with Crippen molar-refractivity contribution in [2.75, 3.05) is 6.54 Å². The van der Waals surface area contributed by atoms with Crippen molar-refractivity contribution in [3.05, 3.63) is 29.5 Å². The Morgan fingerprint density at radius 1 is 1.50 bits per heavy atom. The SMILES string of the molecule is Cc1n[nH]c2cccc([C@@H](O)CNC3(C)CC3)c12. The van der Waals surface area contributed by atoms with Crippen molar-refractivity contribution >= 4 is 10.9 Å². The predicted octanol–water partition coefficient (Wildman–Crippen LogP) is 2.05. The number of nitrogens with one attached hydrogen (secondary N) is 2. The molecule has 0 saturated heterocycles. The first kappa shape index (κ1) is 11.7. The Hall–Kier alpha value is -1.39. The zero-order valence-corrected chi connectivity index (χ0v) is 10.8. The number of hydrogen-bond donors (Lipinski definition) is 3. The summed E-state index contributed by atoms with van der Waals surface area (Å²) in [4.78, 5) is 0. The van der Waals surface area contributed by atoms with Crippen LogP contribution in [0.5, 0.6) is 0 Å². The zero-order chi connectivity index (χ0) is 12.8. The van der Waals surface area contributed by atoms with Gasteiger partial charge in [-0.25, -0.2) is 0 Å². The maximum absolute atomic E-state index is 10.3. The average Bonchev–Trinajstić information content (AvgIpc) is 2.99. The number of fused-ring (bicyclic) bond motifs is 1. The van der Waals surface area contributed by atoms with Gasteiger partial charge in [0.25, 0.3) is 0 Å². The number of aliphatic hydroxyl groups excluding tert-OH is 1. The number of aryl methyl sites for hydroxylation is 1. The Bertz CT molecular complexity index is 571. The second-order valence-electron chi connectivity index (χ2n) is 5.54. The summed E-state index contributed by atoms with van der Waals surface area (Å²) < 4.78 is 0. The first-order valence-electron chi connectivity index (χ1n) is 6.46. The number of rotatable bonds is 4. The fourth-order valence-electron chi connectivity index (χ4n) is 2.36. The molecule has 0 bridgehead atoms. The number of benzene rings is 1. The summed E-state index contributed by atoms with van der Waals surface area (Å²) in [5.74, 6) is 0. The predicted molar refractivity (Wildman–Crippen MR) is 71.4 cm³/mol. The van der Waals surface area contributed by atoms with Crippen molar-refractivity contribution in [2.45, 2.75) is 38.3 Å². The summed E-state index contributed by atoms with van der Waals surface area (Å²) in [6.07, 6.45) is 1.92. The molecule has 0 unspecified atom stereocenters. The summed E-state index contributed by atoms with van der Waals surface area (Å²) in [5, 5.41) is 22.0. The maximum Gasteiger partial charge on any atom is 0.0921 e. The van der Waals surface area contributed by atoms with Crippen molar-refractivity contribution in [3.63, 3.8) is 0 Å². The minimum Gasteiger partial charge on any atom is -0.387 e. The molecule has 0 spiro atoms. The topological polar surface area (TPSA) is 60.9 Å². The van der Waals surface area contributed by atoms with Crippen LogP contribution in [0.1, 0.15) is 37.1 Å². The first-order valence-corrected chi connectivity index (χ1v) is 6.46. The maximum atomic E-state index is 10.3. The van der Waals surface area contributed by atoms with Gasteiger partial charge < -0.3 is 10.4 Å². The molecule has 1 aromatic heterocycles. The van der Waals surface area contributed by atoms with Gasteiger partial charge >= 0.3 is 0 Å².